The molecule has 0 saturated carbocycles. The normalized spacial score (nSPS) is 15.6. The fourth-order valence-corrected chi connectivity index (χ4v) is 4.20. The van der Waals surface area contributed by atoms with E-state index < -0.39 is 10.0 Å². The van der Waals surface area contributed by atoms with Crippen molar-refractivity contribution in [2.24, 2.45) is 0 Å². The fourth-order valence-electron chi connectivity index (χ4n) is 2.47. The van der Waals surface area contributed by atoms with Crippen molar-refractivity contribution in [3.05, 3.63) is 63.6 Å². The third-order valence-electron chi connectivity index (χ3n) is 3.70. The first kappa shape index (κ1) is 15.4. The van der Waals surface area contributed by atoms with Gasteiger partial charge in [-0.3, -0.25) is 4.79 Å². The first-order valence-electron chi connectivity index (χ1n) is 6.76. The Morgan fingerprint density at radius 2 is 1.73 bits per heavy atom. The van der Waals surface area contributed by atoms with Gasteiger partial charge in [-0.15, -0.1) is 0 Å². The lowest BCUT2D eigenvalue weighted by molar-refractivity contribution is 0.0949. The maximum atomic E-state index is 12.7. The van der Waals surface area contributed by atoms with Crippen LogP contribution in [0.2, 0.25) is 0 Å². The monoisotopic (exact) mass is 379 g/mol. The Labute approximate surface area is 137 Å². The highest BCUT2D eigenvalue weighted by atomic mass is 79.9. The van der Waals surface area contributed by atoms with Gasteiger partial charge in [-0.1, -0.05) is 39.7 Å². The van der Waals surface area contributed by atoms with Gasteiger partial charge < -0.3 is 0 Å². The van der Waals surface area contributed by atoms with Crippen molar-refractivity contribution in [2.75, 3.05) is 6.54 Å². The maximum absolute atomic E-state index is 12.7. The Kier molecular flexibility index (Phi) is 3.92. The molecule has 4 nitrogen and oxygen atoms in total. The first-order chi connectivity index (χ1) is 10.4. The number of nitrogens with zero attached hydrogens (tertiary/aromatic N) is 1. The second-order valence-corrected chi connectivity index (χ2v) is 8.16. The minimum Gasteiger partial charge on any atom is -0.293 e. The number of carbonyl (C=O) groups excluding carboxylic acids is 1. The molecule has 0 amide bonds. The number of benzene rings is 2. The molecule has 0 atom stereocenters. The molecule has 1 heterocycles. The summed E-state index contributed by atoms with van der Waals surface area (Å²) in [7, 11) is -3.66. The molecule has 0 aromatic heterocycles. The van der Waals surface area contributed by atoms with Gasteiger partial charge in [-0.25, -0.2) is 8.42 Å². The van der Waals surface area contributed by atoms with Crippen molar-refractivity contribution in [1.82, 2.24) is 4.31 Å². The van der Waals surface area contributed by atoms with Crippen LogP contribution in [0.5, 0.6) is 0 Å². The van der Waals surface area contributed by atoms with Crippen LogP contribution in [0.15, 0.2) is 51.8 Å². The van der Waals surface area contributed by atoms with Crippen LogP contribution in [0.1, 0.15) is 21.5 Å². The fraction of sp³-hybridized carbons (Fsp3) is 0.188. The van der Waals surface area contributed by atoms with E-state index in [0.717, 1.165) is 15.6 Å². The van der Waals surface area contributed by atoms with Crippen LogP contribution in [-0.4, -0.2) is 25.1 Å². The number of hydrogen-bond acceptors (Lipinski definition) is 3. The zero-order valence-electron chi connectivity index (χ0n) is 11.9. The van der Waals surface area contributed by atoms with Gasteiger partial charge in [-0.2, -0.15) is 4.31 Å². The molecule has 2 aromatic rings. The van der Waals surface area contributed by atoms with Gasteiger partial charge in [0.1, 0.15) is 0 Å². The van der Waals surface area contributed by atoms with Crippen LogP contribution in [0, 0.1) is 6.92 Å². The van der Waals surface area contributed by atoms with Crippen LogP contribution < -0.4 is 0 Å². The van der Waals surface area contributed by atoms with Gasteiger partial charge >= 0.3 is 0 Å². The molecule has 2 aromatic carbocycles. The van der Waals surface area contributed by atoms with Crippen molar-refractivity contribution in [3.8, 4) is 0 Å². The van der Waals surface area contributed by atoms with E-state index in [-0.39, 0.29) is 23.8 Å². The molecule has 3 rings (SSSR count). The number of rotatable bonds is 2. The maximum Gasteiger partial charge on any atom is 0.243 e. The molecular formula is C16H14BrNO3S. The molecule has 1 aliphatic rings. The van der Waals surface area contributed by atoms with Crippen molar-refractivity contribution in [1.29, 1.82) is 0 Å². The Balaban J connectivity index is 1.98. The molecule has 0 spiro atoms. The van der Waals surface area contributed by atoms with E-state index >= 15 is 0 Å². The standard InChI is InChI=1S/C16H14BrNO3S/c1-11-2-6-14(7-3-11)22(20,21)18-9-12-4-5-13(17)8-15(12)16(19)10-18/h2-8H,9-10H2,1H3. The predicted octanol–water partition coefficient (Wildman–Crippen LogP) is 3.14. The molecule has 0 N–H and O–H groups in total. The van der Waals surface area contributed by atoms with Crippen LogP contribution in [0.3, 0.4) is 0 Å². The second kappa shape index (κ2) is 5.61. The summed E-state index contributed by atoms with van der Waals surface area (Å²) in [5, 5.41) is 0. The molecular weight excluding hydrogens is 366 g/mol. The molecule has 0 radical (unpaired) electrons. The third kappa shape index (κ3) is 2.74. The lowest BCUT2D eigenvalue weighted by atomic mass is 10.0. The van der Waals surface area contributed by atoms with Crippen molar-refractivity contribution in [2.45, 2.75) is 18.4 Å². The number of sulfonamides is 1. The van der Waals surface area contributed by atoms with Crippen LogP contribution in [0.25, 0.3) is 0 Å². The summed E-state index contributed by atoms with van der Waals surface area (Å²) in [6.45, 7) is 1.99. The summed E-state index contributed by atoms with van der Waals surface area (Å²) in [5.74, 6) is -0.182. The van der Waals surface area contributed by atoms with Gasteiger partial charge in [0.2, 0.25) is 10.0 Å². The molecule has 0 aliphatic carbocycles. The largest absolute Gasteiger partial charge is 0.293 e. The Morgan fingerprint density at radius 1 is 1.05 bits per heavy atom. The van der Waals surface area contributed by atoms with Crippen LogP contribution >= 0.6 is 15.9 Å². The minimum atomic E-state index is -3.66. The summed E-state index contributed by atoms with van der Waals surface area (Å²) in [6.07, 6.45) is 0. The number of carbonyl (C=O) groups is 1. The molecule has 1 aliphatic heterocycles. The number of ketones is 1. The number of hydrogen-bond donors (Lipinski definition) is 0. The number of fused-ring (bicyclic) bond motifs is 1. The molecule has 22 heavy (non-hydrogen) atoms. The quantitative estimate of drug-likeness (QED) is 0.805. The zero-order valence-corrected chi connectivity index (χ0v) is 14.3. The van der Waals surface area contributed by atoms with Crippen LogP contribution in [-0.2, 0) is 16.6 Å². The predicted molar refractivity (Wildman–Crippen MR) is 87.2 cm³/mol. The van der Waals surface area contributed by atoms with E-state index in [2.05, 4.69) is 15.9 Å². The molecule has 0 bridgehead atoms. The van der Waals surface area contributed by atoms with Crippen molar-refractivity contribution < 1.29 is 13.2 Å². The number of halogens is 1. The van der Waals surface area contributed by atoms with E-state index in [4.69, 9.17) is 0 Å². The Bertz CT molecular complexity index is 844. The summed E-state index contributed by atoms with van der Waals surface area (Å²) >= 11 is 3.33. The molecule has 6 heteroatoms. The van der Waals surface area contributed by atoms with Gasteiger partial charge in [0.15, 0.2) is 5.78 Å². The molecule has 0 saturated heterocycles. The summed E-state index contributed by atoms with van der Waals surface area (Å²) in [5.41, 5.74) is 2.31. The summed E-state index contributed by atoms with van der Waals surface area (Å²) in [4.78, 5) is 12.5. The number of aryl methyl sites for hydroxylation is 1. The molecule has 0 unspecified atom stereocenters. The average Bonchev–Trinajstić information content (AvgIpc) is 2.48. The van der Waals surface area contributed by atoms with Crippen LogP contribution in [0.4, 0.5) is 0 Å². The number of Topliss-reactive ketones (excluding diaryl/α,β-unsaturated/α-hetero) is 1. The lowest BCUT2D eigenvalue weighted by Gasteiger charge is -2.27. The minimum absolute atomic E-state index is 0.125. The lowest BCUT2D eigenvalue weighted by Crippen LogP contribution is -2.39. The second-order valence-electron chi connectivity index (χ2n) is 5.31. The van der Waals surface area contributed by atoms with Gasteiger partial charge in [0.25, 0.3) is 0 Å². The van der Waals surface area contributed by atoms with Gasteiger partial charge in [0.05, 0.1) is 11.4 Å². The van der Waals surface area contributed by atoms with Gasteiger partial charge in [0, 0.05) is 16.6 Å². The Hall–Kier alpha value is -1.50. The van der Waals surface area contributed by atoms with E-state index in [0.29, 0.717) is 5.56 Å². The SMILES string of the molecule is Cc1ccc(S(=O)(=O)N2CC(=O)c3cc(Br)ccc3C2)cc1. The van der Waals surface area contributed by atoms with E-state index in [1.807, 2.05) is 13.0 Å². The van der Waals surface area contributed by atoms with E-state index in [9.17, 15) is 13.2 Å². The zero-order chi connectivity index (χ0) is 15.9. The van der Waals surface area contributed by atoms with Gasteiger partial charge in [-0.05, 0) is 36.8 Å². The van der Waals surface area contributed by atoms with Crippen molar-refractivity contribution >= 4 is 31.7 Å². The highest BCUT2D eigenvalue weighted by molar-refractivity contribution is 9.10. The first-order valence-corrected chi connectivity index (χ1v) is 9.00. The van der Waals surface area contributed by atoms with Crippen molar-refractivity contribution in [3.63, 3.8) is 0 Å². The average molecular weight is 380 g/mol. The van der Waals surface area contributed by atoms with E-state index in [1.54, 1.807) is 36.4 Å². The smallest absolute Gasteiger partial charge is 0.243 e. The molecule has 114 valence electrons. The van der Waals surface area contributed by atoms with E-state index in [1.165, 1.54) is 4.31 Å². The highest BCUT2D eigenvalue weighted by Crippen LogP contribution is 2.27. The third-order valence-corrected chi connectivity index (χ3v) is 6.00. The Morgan fingerprint density at radius 3 is 2.41 bits per heavy atom. The summed E-state index contributed by atoms with van der Waals surface area (Å²) < 4.78 is 27.4. The topological polar surface area (TPSA) is 54.5 Å². The summed E-state index contributed by atoms with van der Waals surface area (Å²) in [6, 6.07) is 12.0. The highest BCUT2D eigenvalue weighted by Gasteiger charge is 2.32. The molecule has 0 fully saturated rings.